The number of amides is 1. The van der Waals surface area contributed by atoms with E-state index in [1.54, 1.807) is 0 Å². The zero-order chi connectivity index (χ0) is 14.8. The van der Waals surface area contributed by atoms with Crippen molar-refractivity contribution in [2.75, 3.05) is 16.8 Å². The van der Waals surface area contributed by atoms with Gasteiger partial charge in [0.1, 0.15) is 6.04 Å². The summed E-state index contributed by atoms with van der Waals surface area (Å²) in [5.41, 5.74) is 3.32. The van der Waals surface area contributed by atoms with E-state index in [0.29, 0.717) is 0 Å². The van der Waals surface area contributed by atoms with Crippen molar-refractivity contribution in [1.82, 2.24) is 0 Å². The molecule has 0 saturated carbocycles. The molecule has 1 N–H and O–H groups in total. The van der Waals surface area contributed by atoms with Gasteiger partial charge >= 0.3 is 0 Å². The molecule has 0 unspecified atom stereocenters. The molecule has 21 heavy (non-hydrogen) atoms. The van der Waals surface area contributed by atoms with E-state index in [1.807, 2.05) is 37.3 Å². The Kier molecular flexibility index (Phi) is 3.97. The second-order valence-corrected chi connectivity index (χ2v) is 6.16. The van der Waals surface area contributed by atoms with Crippen LogP contribution in [0.2, 0.25) is 0 Å². The van der Waals surface area contributed by atoms with E-state index < -0.39 is 0 Å². The number of rotatable bonds is 3. The Morgan fingerprint density at radius 1 is 1.19 bits per heavy atom. The van der Waals surface area contributed by atoms with Crippen LogP contribution in [0, 0.1) is 0 Å². The minimum Gasteiger partial charge on any atom is -0.359 e. The minimum atomic E-state index is -0.183. The molecule has 1 aliphatic rings. The summed E-state index contributed by atoms with van der Waals surface area (Å²) in [6.07, 6.45) is 1.01. The van der Waals surface area contributed by atoms with Gasteiger partial charge in [-0.15, -0.1) is 0 Å². The number of carbonyl (C=O) groups excluding carboxylic acids is 1. The number of carbonyl (C=O) groups is 1. The third-order valence-corrected chi connectivity index (χ3v) is 4.41. The number of nitrogens with one attached hydrogen (secondary N) is 1. The summed E-state index contributed by atoms with van der Waals surface area (Å²) in [6.45, 7) is 2.85. The summed E-state index contributed by atoms with van der Waals surface area (Å²) in [5, 5.41) is 2.98. The van der Waals surface area contributed by atoms with Gasteiger partial charge in [0.25, 0.3) is 0 Å². The summed E-state index contributed by atoms with van der Waals surface area (Å²) in [4.78, 5) is 14.6. The summed E-state index contributed by atoms with van der Waals surface area (Å²) in [5.74, 6) is 0.0222. The van der Waals surface area contributed by atoms with Gasteiger partial charge in [0.15, 0.2) is 0 Å². The van der Waals surface area contributed by atoms with Crippen LogP contribution >= 0.6 is 15.9 Å². The van der Waals surface area contributed by atoms with Crippen molar-refractivity contribution in [2.45, 2.75) is 19.4 Å². The molecule has 108 valence electrons. The van der Waals surface area contributed by atoms with Gasteiger partial charge < -0.3 is 10.2 Å². The molecule has 1 amide bonds. The fourth-order valence-electron chi connectivity index (χ4n) is 2.69. The van der Waals surface area contributed by atoms with Crippen LogP contribution in [-0.4, -0.2) is 18.5 Å². The van der Waals surface area contributed by atoms with Crippen LogP contribution in [0.3, 0.4) is 0 Å². The zero-order valence-electron chi connectivity index (χ0n) is 11.8. The van der Waals surface area contributed by atoms with Crippen LogP contribution in [0.5, 0.6) is 0 Å². The molecule has 2 aromatic carbocycles. The Balaban J connectivity index is 1.72. The van der Waals surface area contributed by atoms with Gasteiger partial charge in [-0.25, -0.2) is 0 Å². The Bertz CT molecular complexity index is 654. The Morgan fingerprint density at radius 3 is 2.67 bits per heavy atom. The molecule has 2 aromatic rings. The fourth-order valence-corrected chi connectivity index (χ4v) is 2.95. The van der Waals surface area contributed by atoms with E-state index in [-0.39, 0.29) is 11.9 Å². The van der Waals surface area contributed by atoms with Crippen LogP contribution in [0.15, 0.2) is 53.0 Å². The molecule has 4 heteroatoms. The molecule has 0 spiro atoms. The van der Waals surface area contributed by atoms with Crippen LogP contribution in [0.4, 0.5) is 11.4 Å². The first-order chi connectivity index (χ1) is 10.1. The Morgan fingerprint density at radius 2 is 1.90 bits per heavy atom. The first kappa shape index (κ1) is 14.1. The Labute approximate surface area is 133 Å². The lowest BCUT2D eigenvalue weighted by molar-refractivity contribution is -0.117. The lowest BCUT2D eigenvalue weighted by atomic mass is 10.1. The number of halogens is 1. The highest BCUT2D eigenvalue weighted by molar-refractivity contribution is 9.10. The van der Waals surface area contributed by atoms with Gasteiger partial charge in [-0.3, -0.25) is 4.79 Å². The van der Waals surface area contributed by atoms with Gasteiger partial charge in [0, 0.05) is 22.4 Å². The number of anilines is 2. The first-order valence-corrected chi connectivity index (χ1v) is 7.85. The maximum Gasteiger partial charge on any atom is 0.246 e. The van der Waals surface area contributed by atoms with E-state index in [1.165, 1.54) is 11.3 Å². The minimum absolute atomic E-state index is 0.0222. The number of para-hydroxylation sites is 1. The molecule has 0 bridgehead atoms. The van der Waals surface area contributed by atoms with Gasteiger partial charge in [-0.05, 0) is 49.2 Å². The number of benzene rings is 2. The van der Waals surface area contributed by atoms with Crippen molar-refractivity contribution in [3.8, 4) is 0 Å². The average molecular weight is 345 g/mol. The largest absolute Gasteiger partial charge is 0.359 e. The summed E-state index contributed by atoms with van der Waals surface area (Å²) >= 11 is 3.39. The van der Waals surface area contributed by atoms with Crippen molar-refractivity contribution in [3.63, 3.8) is 0 Å². The van der Waals surface area contributed by atoms with Crippen molar-refractivity contribution in [3.05, 3.63) is 58.6 Å². The predicted octanol–water partition coefficient (Wildman–Crippen LogP) is 3.84. The van der Waals surface area contributed by atoms with E-state index in [9.17, 15) is 4.79 Å². The monoisotopic (exact) mass is 344 g/mol. The van der Waals surface area contributed by atoms with E-state index in [2.05, 4.69) is 44.3 Å². The summed E-state index contributed by atoms with van der Waals surface area (Å²) < 4.78 is 1.00. The number of nitrogens with zero attached hydrogens (tertiary/aromatic N) is 1. The molecule has 1 aliphatic heterocycles. The smallest absolute Gasteiger partial charge is 0.246 e. The van der Waals surface area contributed by atoms with E-state index >= 15 is 0 Å². The SMILES string of the molecule is C[C@@H](C(=O)Nc1ccc(Br)cc1)N1CCc2ccccc21. The molecule has 1 heterocycles. The molecule has 1 atom stereocenters. The fraction of sp³-hybridized carbons (Fsp3) is 0.235. The second-order valence-electron chi connectivity index (χ2n) is 5.24. The van der Waals surface area contributed by atoms with Crippen LogP contribution in [0.1, 0.15) is 12.5 Å². The van der Waals surface area contributed by atoms with E-state index in [4.69, 9.17) is 0 Å². The lowest BCUT2D eigenvalue weighted by Crippen LogP contribution is -2.41. The summed E-state index contributed by atoms with van der Waals surface area (Å²) in [7, 11) is 0. The van der Waals surface area contributed by atoms with Crippen molar-refractivity contribution < 1.29 is 4.79 Å². The second kappa shape index (κ2) is 5.90. The van der Waals surface area contributed by atoms with Crippen LogP contribution in [-0.2, 0) is 11.2 Å². The van der Waals surface area contributed by atoms with Crippen molar-refractivity contribution in [2.24, 2.45) is 0 Å². The molecule has 0 radical (unpaired) electrons. The van der Waals surface area contributed by atoms with E-state index in [0.717, 1.165) is 23.1 Å². The van der Waals surface area contributed by atoms with Crippen molar-refractivity contribution in [1.29, 1.82) is 0 Å². The quantitative estimate of drug-likeness (QED) is 0.917. The average Bonchev–Trinajstić information content (AvgIpc) is 2.92. The highest BCUT2D eigenvalue weighted by Crippen LogP contribution is 2.29. The number of hydrogen-bond donors (Lipinski definition) is 1. The normalized spacial score (nSPS) is 14.7. The molecular formula is C17H17BrN2O. The van der Waals surface area contributed by atoms with Gasteiger partial charge in [0.2, 0.25) is 5.91 Å². The highest BCUT2D eigenvalue weighted by atomic mass is 79.9. The number of hydrogen-bond acceptors (Lipinski definition) is 2. The van der Waals surface area contributed by atoms with Crippen LogP contribution < -0.4 is 10.2 Å². The molecule has 0 fully saturated rings. The van der Waals surface area contributed by atoms with Crippen molar-refractivity contribution >= 4 is 33.2 Å². The highest BCUT2D eigenvalue weighted by Gasteiger charge is 2.27. The lowest BCUT2D eigenvalue weighted by Gasteiger charge is -2.26. The third kappa shape index (κ3) is 2.95. The molecule has 3 nitrogen and oxygen atoms in total. The van der Waals surface area contributed by atoms with Gasteiger partial charge in [-0.1, -0.05) is 34.1 Å². The molecular weight excluding hydrogens is 328 g/mol. The molecule has 0 aromatic heterocycles. The van der Waals surface area contributed by atoms with Gasteiger partial charge in [0.05, 0.1) is 0 Å². The topological polar surface area (TPSA) is 32.3 Å². The first-order valence-electron chi connectivity index (χ1n) is 7.06. The molecule has 3 rings (SSSR count). The predicted molar refractivity (Wildman–Crippen MR) is 89.7 cm³/mol. The Hall–Kier alpha value is -1.81. The van der Waals surface area contributed by atoms with Crippen LogP contribution in [0.25, 0.3) is 0 Å². The maximum absolute atomic E-state index is 12.4. The third-order valence-electron chi connectivity index (χ3n) is 3.88. The summed E-state index contributed by atoms with van der Waals surface area (Å²) in [6, 6.07) is 15.7. The van der Waals surface area contributed by atoms with Gasteiger partial charge in [-0.2, -0.15) is 0 Å². The number of fused-ring (bicyclic) bond motifs is 1. The maximum atomic E-state index is 12.4. The molecule has 0 saturated heterocycles. The zero-order valence-corrected chi connectivity index (χ0v) is 13.4. The standard InChI is InChI=1S/C17H17BrN2O/c1-12(17(21)19-15-8-6-14(18)7-9-15)20-11-10-13-4-2-3-5-16(13)20/h2-9,12H,10-11H2,1H3,(H,19,21)/t12-/m0/s1. The molecule has 0 aliphatic carbocycles.